The second-order valence-corrected chi connectivity index (χ2v) is 7.45. The molecule has 1 heterocycles. The summed E-state index contributed by atoms with van der Waals surface area (Å²) in [5, 5.41) is 30.7. The van der Waals surface area contributed by atoms with E-state index in [1.807, 2.05) is 6.92 Å². The van der Waals surface area contributed by atoms with E-state index in [4.69, 9.17) is 9.47 Å². The molecular formula is C20H38O7. The zero-order valence-electron chi connectivity index (χ0n) is 17.0. The van der Waals surface area contributed by atoms with Gasteiger partial charge in [0.05, 0.1) is 43.7 Å². The topological polar surface area (TPSA) is 105 Å². The van der Waals surface area contributed by atoms with E-state index >= 15 is 0 Å². The van der Waals surface area contributed by atoms with Crippen LogP contribution in [0, 0.1) is 0 Å². The molecule has 1 saturated heterocycles. The zero-order chi connectivity index (χ0) is 20.2. The number of esters is 1. The van der Waals surface area contributed by atoms with Crippen LogP contribution in [-0.2, 0) is 19.0 Å². The second-order valence-electron chi connectivity index (χ2n) is 7.45. The van der Waals surface area contributed by atoms with Crippen LogP contribution in [0.1, 0.15) is 71.1 Å². The molecule has 6 unspecified atom stereocenters. The van der Waals surface area contributed by atoms with Gasteiger partial charge in [-0.3, -0.25) is 4.79 Å². The lowest BCUT2D eigenvalue weighted by Gasteiger charge is -2.25. The van der Waals surface area contributed by atoms with Crippen molar-refractivity contribution >= 4 is 5.97 Å². The molecule has 0 aromatic heterocycles. The second kappa shape index (κ2) is 13.4. The average Bonchev–Trinajstić information content (AvgIpc) is 3.02. The Morgan fingerprint density at radius 1 is 1.15 bits per heavy atom. The highest BCUT2D eigenvalue weighted by molar-refractivity contribution is 5.68. The molecule has 1 rings (SSSR count). The van der Waals surface area contributed by atoms with Gasteiger partial charge in [0.15, 0.2) is 0 Å². The van der Waals surface area contributed by atoms with Crippen molar-refractivity contribution in [1.82, 2.24) is 0 Å². The first kappa shape index (κ1) is 24.3. The Labute approximate surface area is 163 Å². The lowest BCUT2D eigenvalue weighted by atomic mass is 9.98. The van der Waals surface area contributed by atoms with Gasteiger partial charge in [0.25, 0.3) is 0 Å². The number of carbonyl (C=O) groups excluding carboxylic acids is 1. The Bertz CT molecular complexity index is 400. The molecule has 7 nitrogen and oxygen atoms in total. The smallest absolute Gasteiger partial charge is 0.305 e. The molecule has 0 aromatic carbocycles. The number of hydrogen-bond donors (Lipinski definition) is 3. The van der Waals surface area contributed by atoms with Crippen LogP contribution in [0.5, 0.6) is 0 Å². The molecule has 0 bridgehead atoms. The molecule has 1 aliphatic rings. The minimum Gasteiger partial charge on any atom is -0.469 e. The van der Waals surface area contributed by atoms with Gasteiger partial charge in [-0.1, -0.05) is 32.6 Å². The molecule has 0 spiro atoms. The lowest BCUT2D eigenvalue weighted by molar-refractivity contribution is -0.140. The van der Waals surface area contributed by atoms with Crippen LogP contribution in [0.2, 0.25) is 0 Å². The monoisotopic (exact) mass is 390 g/mol. The van der Waals surface area contributed by atoms with Crippen molar-refractivity contribution in [2.75, 3.05) is 14.2 Å². The van der Waals surface area contributed by atoms with Crippen LogP contribution >= 0.6 is 0 Å². The SMILES string of the molecule is CCC(OC)C(O)CC(O)C1CC(O)C(CCCCCCCC(=O)OC)O1. The molecule has 0 aliphatic carbocycles. The van der Waals surface area contributed by atoms with Crippen molar-refractivity contribution in [2.24, 2.45) is 0 Å². The maximum Gasteiger partial charge on any atom is 0.305 e. The van der Waals surface area contributed by atoms with Crippen LogP contribution in [0.4, 0.5) is 0 Å². The van der Waals surface area contributed by atoms with E-state index in [0.717, 1.165) is 38.5 Å². The summed E-state index contributed by atoms with van der Waals surface area (Å²) in [5.41, 5.74) is 0. The van der Waals surface area contributed by atoms with E-state index < -0.39 is 24.4 Å². The third-order valence-electron chi connectivity index (χ3n) is 5.40. The fourth-order valence-corrected chi connectivity index (χ4v) is 3.66. The zero-order valence-corrected chi connectivity index (χ0v) is 17.0. The number of hydrogen-bond acceptors (Lipinski definition) is 7. The summed E-state index contributed by atoms with van der Waals surface area (Å²) in [6.07, 6.45) is 4.11. The van der Waals surface area contributed by atoms with Crippen LogP contribution in [0.15, 0.2) is 0 Å². The number of unbranched alkanes of at least 4 members (excludes halogenated alkanes) is 4. The van der Waals surface area contributed by atoms with Gasteiger partial charge in [0.2, 0.25) is 0 Å². The molecule has 1 fully saturated rings. The normalized spacial score (nSPS) is 25.9. The highest BCUT2D eigenvalue weighted by atomic mass is 16.5. The van der Waals surface area contributed by atoms with E-state index in [0.29, 0.717) is 19.3 Å². The van der Waals surface area contributed by atoms with Crippen molar-refractivity contribution in [2.45, 2.75) is 108 Å². The molecule has 0 amide bonds. The maximum atomic E-state index is 11.0. The minimum atomic E-state index is -0.817. The van der Waals surface area contributed by atoms with E-state index in [2.05, 4.69) is 4.74 Å². The molecule has 27 heavy (non-hydrogen) atoms. The van der Waals surface area contributed by atoms with Gasteiger partial charge in [0, 0.05) is 26.4 Å². The summed E-state index contributed by atoms with van der Waals surface area (Å²) in [4.78, 5) is 11.0. The first-order valence-electron chi connectivity index (χ1n) is 10.2. The molecule has 0 aromatic rings. The summed E-state index contributed by atoms with van der Waals surface area (Å²) in [5.74, 6) is -0.164. The van der Waals surface area contributed by atoms with Crippen molar-refractivity contribution in [3.63, 3.8) is 0 Å². The van der Waals surface area contributed by atoms with E-state index in [9.17, 15) is 20.1 Å². The molecule has 3 N–H and O–H groups in total. The van der Waals surface area contributed by atoms with Crippen LogP contribution in [-0.4, -0.2) is 72.1 Å². The molecule has 160 valence electrons. The number of methoxy groups -OCH3 is 2. The van der Waals surface area contributed by atoms with Crippen molar-refractivity contribution in [3.05, 3.63) is 0 Å². The number of carbonyl (C=O) groups is 1. The van der Waals surface area contributed by atoms with E-state index in [-0.39, 0.29) is 24.6 Å². The number of rotatable bonds is 14. The third kappa shape index (κ3) is 8.87. The summed E-state index contributed by atoms with van der Waals surface area (Å²) < 4.78 is 15.7. The fourth-order valence-electron chi connectivity index (χ4n) is 3.66. The van der Waals surface area contributed by atoms with Gasteiger partial charge >= 0.3 is 5.97 Å². The molecular weight excluding hydrogens is 352 g/mol. The highest BCUT2D eigenvalue weighted by Gasteiger charge is 2.38. The first-order valence-corrected chi connectivity index (χ1v) is 10.2. The van der Waals surface area contributed by atoms with Gasteiger partial charge in [-0.05, 0) is 19.3 Å². The van der Waals surface area contributed by atoms with Crippen LogP contribution in [0.25, 0.3) is 0 Å². The van der Waals surface area contributed by atoms with Gasteiger partial charge in [-0.15, -0.1) is 0 Å². The van der Waals surface area contributed by atoms with Crippen molar-refractivity contribution in [1.29, 1.82) is 0 Å². The largest absolute Gasteiger partial charge is 0.469 e. The Morgan fingerprint density at radius 2 is 1.81 bits per heavy atom. The van der Waals surface area contributed by atoms with Gasteiger partial charge in [0.1, 0.15) is 0 Å². The summed E-state index contributed by atoms with van der Waals surface area (Å²) in [6.45, 7) is 1.92. The van der Waals surface area contributed by atoms with Gasteiger partial charge < -0.3 is 29.5 Å². The summed E-state index contributed by atoms with van der Waals surface area (Å²) in [6, 6.07) is 0. The molecule has 1 aliphatic heterocycles. The number of aliphatic hydroxyl groups excluding tert-OH is 3. The minimum absolute atomic E-state index is 0.164. The van der Waals surface area contributed by atoms with E-state index in [1.54, 1.807) is 7.11 Å². The lowest BCUT2D eigenvalue weighted by Crippen LogP contribution is -2.36. The van der Waals surface area contributed by atoms with Crippen molar-refractivity contribution < 1.29 is 34.3 Å². The Morgan fingerprint density at radius 3 is 2.44 bits per heavy atom. The Hall–Kier alpha value is -0.730. The molecule has 6 atom stereocenters. The quantitative estimate of drug-likeness (QED) is 0.307. The first-order chi connectivity index (χ1) is 12.9. The Balaban J connectivity index is 2.21. The fraction of sp³-hybridized carbons (Fsp3) is 0.950. The van der Waals surface area contributed by atoms with Crippen molar-refractivity contribution in [3.8, 4) is 0 Å². The summed E-state index contributed by atoms with van der Waals surface area (Å²) >= 11 is 0. The van der Waals surface area contributed by atoms with Gasteiger partial charge in [-0.25, -0.2) is 0 Å². The van der Waals surface area contributed by atoms with Crippen LogP contribution < -0.4 is 0 Å². The molecule has 0 saturated carbocycles. The Kier molecular flexibility index (Phi) is 12.1. The summed E-state index contributed by atoms with van der Waals surface area (Å²) in [7, 11) is 2.95. The predicted molar refractivity (Wildman–Crippen MR) is 101 cm³/mol. The standard InChI is InChI=1S/C20H38O7/c1-4-17(25-2)14(21)12-15(22)19-13-16(23)18(27-19)10-8-6-5-7-9-11-20(24)26-3/h14-19,21-23H,4-13H2,1-3H3. The number of aliphatic hydroxyl groups is 3. The molecule has 7 heteroatoms. The van der Waals surface area contributed by atoms with Gasteiger partial charge in [-0.2, -0.15) is 0 Å². The average molecular weight is 391 g/mol. The van der Waals surface area contributed by atoms with E-state index in [1.165, 1.54) is 7.11 Å². The molecule has 0 radical (unpaired) electrons. The highest BCUT2D eigenvalue weighted by Crippen LogP contribution is 2.28. The predicted octanol–water partition coefficient (Wildman–Crippen LogP) is 1.95. The maximum absolute atomic E-state index is 11.0. The number of ether oxygens (including phenoxy) is 3. The van der Waals surface area contributed by atoms with Crippen LogP contribution in [0.3, 0.4) is 0 Å². The third-order valence-corrected chi connectivity index (χ3v) is 5.40.